The third kappa shape index (κ3) is 3.47. The van der Waals surface area contributed by atoms with Crippen LogP contribution in [0.1, 0.15) is 17.9 Å². The van der Waals surface area contributed by atoms with Gasteiger partial charge in [-0.25, -0.2) is 9.97 Å². The molecular formula is C9H13BrN4O. The Morgan fingerprint density at radius 2 is 2.13 bits per heavy atom. The van der Waals surface area contributed by atoms with Gasteiger partial charge in [0.05, 0.1) is 10.2 Å². The zero-order valence-electron chi connectivity index (χ0n) is 8.67. The molecule has 0 aliphatic carbocycles. The lowest BCUT2D eigenvalue weighted by molar-refractivity contribution is -0.117. The molecule has 5 nitrogen and oxygen atoms in total. The Labute approximate surface area is 96.6 Å². The number of hydrogen-bond acceptors (Lipinski definition) is 4. The van der Waals surface area contributed by atoms with Crippen LogP contribution in [0.4, 0.5) is 5.82 Å². The molecule has 1 aromatic rings. The van der Waals surface area contributed by atoms with E-state index in [0.29, 0.717) is 18.2 Å². The van der Waals surface area contributed by atoms with Crippen molar-refractivity contribution in [3.8, 4) is 0 Å². The second kappa shape index (κ2) is 5.06. The summed E-state index contributed by atoms with van der Waals surface area (Å²) in [6.07, 6.45) is 0.286. The molecule has 0 bridgehead atoms. The van der Waals surface area contributed by atoms with Crippen molar-refractivity contribution in [2.24, 2.45) is 5.73 Å². The van der Waals surface area contributed by atoms with E-state index in [2.05, 4.69) is 31.2 Å². The predicted molar refractivity (Wildman–Crippen MR) is 61.5 cm³/mol. The highest BCUT2D eigenvalue weighted by atomic mass is 79.9. The van der Waals surface area contributed by atoms with E-state index in [9.17, 15) is 4.79 Å². The van der Waals surface area contributed by atoms with E-state index in [1.165, 1.54) is 0 Å². The smallest absolute Gasteiger partial charge is 0.219 e. The fraction of sp³-hybridized carbons (Fsp3) is 0.444. The number of amides is 1. The van der Waals surface area contributed by atoms with Crippen LogP contribution in [0.2, 0.25) is 0 Å². The van der Waals surface area contributed by atoms with Crippen molar-refractivity contribution >= 4 is 27.7 Å². The maximum Gasteiger partial charge on any atom is 0.219 e. The summed E-state index contributed by atoms with van der Waals surface area (Å²) in [5.41, 5.74) is 5.90. The maximum absolute atomic E-state index is 10.5. The standard InChI is InChI=1S/C9H13BrN4O/c1-5-8(10)9(14-6(2)13-5)12-4-3-7(11)15/h3-4H2,1-2H3,(H2,11,15)(H,12,13,14). The normalized spacial score (nSPS) is 10.1. The fourth-order valence-electron chi connectivity index (χ4n) is 1.12. The van der Waals surface area contributed by atoms with Gasteiger partial charge in [0, 0.05) is 13.0 Å². The summed E-state index contributed by atoms with van der Waals surface area (Å²) in [4.78, 5) is 18.9. The monoisotopic (exact) mass is 272 g/mol. The predicted octanol–water partition coefficient (Wildman–Crippen LogP) is 1.14. The molecule has 1 amide bonds. The molecule has 0 fully saturated rings. The van der Waals surface area contributed by atoms with Gasteiger partial charge in [-0.2, -0.15) is 0 Å². The number of nitrogens with zero attached hydrogens (tertiary/aromatic N) is 2. The minimum Gasteiger partial charge on any atom is -0.370 e. The first-order valence-corrected chi connectivity index (χ1v) is 5.33. The highest BCUT2D eigenvalue weighted by Gasteiger charge is 2.06. The molecule has 0 radical (unpaired) electrons. The number of aromatic nitrogens is 2. The summed E-state index contributed by atoms with van der Waals surface area (Å²) in [5, 5.41) is 3.03. The van der Waals surface area contributed by atoms with Gasteiger partial charge in [0.25, 0.3) is 0 Å². The van der Waals surface area contributed by atoms with Crippen molar-refractivity contribution in [3.05, 3.63) is 16.0 Å². The Morgan fingerprint density at radius 1 is 1.47 bits per heavy atom. The summed E-state index contributed by atoms with van der Waals surface area (Å²) >= 11 is 3.38. The van der Waals surface area contributed by atoms with E-state index >= 15 is 0 Å². The van der Waals surface area contributed by atoms with Crippen molar-refractivity contribution in [1.82, 2.24) is 9.97 Å². The summed E-state index contributed by atoms with van der Waals surface area (Å²) in [6, 6.07) is 0. The first kappa shape index (κ1) is 11.9. The number of anilines is 1. The van der Waals surface area contributed by atoms with Crippen LogP contribution >= 0.6 is 15.9 Å². The number of aryl methyl sites for hydroxylation is 2. The number of primary amides is 1. The van der Waals surface area contributed by atoms with Crippen LogP contribution in [-0.4, -0.2) is 22.4 Å². The molecule has 82 valence electrons. The number of carbonyl (C=O) groups is 1. The maximum atomic E-state index is 10.5. The van der Waals surface area contributed by atoms with Gasteiger partial charge >= 0.3 is 0 Å². The van der Waals surface area contributed by atoms with Gasteiger partial charge in [-0.15, -0.1) is 0 Å². The molecule has 0 unspecified atom stereocenters. The van der Waals surface area contributed by atoms with Crippen molar-refractivity contribution < 1.29 is 4.79 Å². The van der Waals surface area contributed by atoms with E-state index < -0.39 is 0 Å². The number of hydrogen-bond donors (Lipinski definition) is 2. The summed E-state index contributed by atoms with van der Waals surface area (Å²) < 4.78 is 0.817. The summed E-state index contributed by atoms with van der Waals surface area (Å²) in [7, 11) is 0. The molecule has 1 rings (SSSR count). The average Bonchev–Trinajstić information content (AvgIpc) is 2.12. The first-order chi connectivity index (χ1) is 7.00. The molecule has 0 saturated carbocycles. The van der Waals surface area contributed by atoms with Crippen LogP contribution in [0.5, 0.6) is 0 Å². The van der Waals surface area contributed by atoms with Gasteiger partial charge in [0.2, 0.25) is 5.91 Å². The molecule has 1 aromatic heterocycles. The lowest BCUT2D eigenvalue weighted by Crippen LogP contribution is -2.16. The molecule has 1 heterocycles. The van der Waals surface area contributed by atoms with Crippen molar-refractivity contribution in [2.75, 3.05) is 11.9 Å². The molecule has 0 aliphatic heterocycles. The van der Waals surface area contributed by atoms with E-state index in [4.69, 9.17) is 5.73 Å². The highest BCUT2D eigenvalue weighted by molar-refractivity contribution is 9.10. The lowest BCUT2D eigenvalue weighted by atomic mass is 10.3. The quantitative estimate of drug-likeness (QED) is 0.862. The van der Waals surface area contributed by atoms with Crippen LogP contribution in [0.3, 0.4) is 0 Å². The minimum absolute atomic E-state index is 0.286. The van der Waals surface area contributed by atoms with Crippen molar-refractivity contribution in [2.45, 2.75) is 20.3 Å². The lowest BCUT2D eigenvalue weighted by Gasteiger charge is -2.08. The van der Waals surface area contributed by atoms with Crippen LogP contribution in [0.25, 0.3) is 0 Å². The summed E-state index contributed by atoms with van der Waals surface area (Å²) in [5.74, 6) is 1.06. The number of rotatable bonds is 4. The SMILES string of the molecule is Cc1nc(C)c(Br)c(NCCC(N)=O)n1. The molecule has 3 N–H and O–H groups in total. The Balaban J connectivity index is 2.72. The second-order valence-corrected chi connectivity index (χ2v) is 3.95. The van der Waals surface area contributed by atoms with Gasteiger partial charge in [-0.1, -0.05) is 0 Å². The van der Waals surface area contributed by atoms with Crippen LogP contribution < -0.4 is 11.1 Å². The van der Waals surface area contributed by atoms with E-state index in [-0.39, 0.29) is 12.3 Å². The molecular weight excluding hydrogens is 260 g/mol. The third-order valence-corrected chi connectivity index (χ3v) is 2.74. The molecule has 6 heteroatoms. The first-order valence-electron chi connectivity index (χ1n) is 4.53. The van der Waals surface area contributed by atoms with Crippen LogP contribution in [0.15, 0.2) is 4.47 Å². The van der Waals surface area contributed by atoms with Gasteiger partial charge < -0.3 is 11.1 Å². The number of nitrogens with one attached hydrogen (secondary N) is 1. The Bertz CT molecular complexity index is 381. The Hall–Kier alpha value is -1.17. The third-order valence-electron chi connectivity index (χ3n) is 1.79. The molecule has 0 aliphatic rings. The Kier molecular flexibility index (Phi) is 4.02. The van der Waals surface area contributed by atoms with Gasteiger partial charge in [-0.05, 0) is 29.8 Å². The second-order valence-electron chi connectivity index (χ2n) is 3.16. The van der Waals surface area contributed by atoms with Crippen LogP contribution in [0, 0.1) is 13.8 Å². The van der Waals surface area contributed by atoms with E-state index in [1.54, 1.807) is 0 Å². The van der Waals surface area contributed by atoms with Crippen molar-refractivity contribution in [1.29, 1.82) is 0 Å². The molecule has 0 aromatic carbocycles. The minimum atomic E-state index is -0.332. The van der Waals surface area contributed by atoms with Crippen molar-refractivity contribution in [3.63, 3.8) is 0 Å². The Morgan fingerprint density at radius 3 is 2.73 bits per heavy atom. The average molecular weight is 273 g/mol. The van der Waals surface area contributed by atoms with Gasteiger partial charge in [0.15, 0.2) is 0 Å². The molecule has 0 atom stereocenters. The largest absolute Gasteiger partial charge is 0.370 e. The fourth-order valence-corrected chi connectivity index (χ4v) is 1.44. The zero-order valence-corrected chi connectivity index (χ0v) is 10.3. The topological polar surface area (TPSA) is 80.9 Å². The summed E-state index contributed by atoms with van der Waals surface area (Å²) in [6.45, 7) is 4.18. The number of halogens is 1. The van der Waals surface area contributed by atoms with Crippen LogP contribution in [-0.2, 0) is 4.79 Å². The molecule has 15 heavy (non-hydrogen) atoms. The highest BCUT2D eigenvalue weighted by Crippen LogP contribution is 2.22. The molecule has 0 saturated heterocycles. The van der Waals surface area contributed by atoms with Gasteiger partial charge in [-0.3, -0.25) is 4.79 Å². The molecule has 0 spiro atoms. The van der Waals surface area contributed by atoms with Gasteiger partial charge in [0.1, 0.15) is 11.6 Å². The number of nitrogens with two attached hydrogens (primary N) is 1. The zero-order chi connectivity index (χ0) is 11.4. The number of carbonyl (C=O) groups excluding carboxylic acids is 1. The van der Waals surface area contributed by atoms with E-state index in [1.807, 2.05) is 13.8 Å². The van der Waals surface area contributed by atoms with E-state index in [0.717, 1.165) is 10.2 Å².